The summed E-state index contributed by atoms with van der Waals surface area (Å²) in [5, 5.41) is 4.69. The summed E-state index contributed by atoms with van der Waals surface area (Å²) in [7, 11) is 1.47. The number of nitrogens with one attached hydrogen (secondary N) is 2. The van der Waals surface area contributed by atoms with E-state index in [0.29, 0.717) is 13.1 Å². The van der Waals surface area contributed by atoms with Gasteiger partial charge in [-0.1, -0.05) is 18.2 Å². The van der Waals surface area contributed by atoms with E-state index in [1.807, 2.05) is 36.1 Å². The highest BCUT2D eigenvalue weighted by atomic mass is 16.2. The molecule has 1 atom stereocenters. The molecule has 3 amide bonds. The molecule has 0 aromatic heterocycles. The molecule has 1 unspecified atom stereocenters. The van der Waals surface area contributed by atoms with E-state index in [1.165, 1.54) is 7.05 Å². The van der Waals surface area contributed by atoms with E-state index in [-0.39, 0.29) is 5.91 Å². The van der Waals surface area contributed by atoms with Gasteiger partial charge in [-0.2, -0.15) is 0 Å². The maximum Gasteiger partial charge on any atom is 0.321 e. The minimum absolute atomic E-state index is 0.338. The minimum Gasteiger partial charge on any atom is -0.360 e. The number of hydrogen-bond donors (Lipinski definition) is 3. The molecule has 4 N–H and O–H groups in total. The summed E-state index contributed by atoms with van der Waals surface area (Å²) in [5.74, 6) is -0.338. The molecule has 0 saturated heterocycles. The van der Waals surface area contributed by atoms with E-state index >= 15 is 0 Å². The lowest BCUT2D eigenvalue weighted by atomic mass is 10.1. The average Bonchev–Trinajstić information content (AvgIpc) is 2.48. The molecule has 1 aromatic carbocycles. The molecule has 0 aliphatic rings. The summed E-state index contributed by atoms with van der Waals surface area (Å²) < 4.78 is 0. The molecular formula is C15H24N4O2. The second-order valence-corrected chi connectivity index (χ2v) is 4.87. The van der Waals surface area contributed by atoms with Crippen LogP contribution in [0.25, 0.3) is 0 Å². The molecule has 1 rings (SSSR count). The number of nitrogens with two attached hydrogens (primary N) is 1. The SMILES string of the molecule is CNC(=O)NC(=O)C(C)N(CCCN)c1ccccc1C. The fraction of sp³-hybridized carbons (Fsp3) is 0.467. The van der Waals surface area contributed by atoms with Crippen LogP contribution in [0.15, 0.2) is 24.3 Å². The van der Waals surface area contributed by atoms with Gasteiger partial charge in [-0.05, 0) is 38.4 Å². The Morgan fingerprint density at radius 2 is 2.00 bits per heavy atom. The maximum atomic E-state index is 12.2. The highest BCUT2D eigenvalue weighted by Crippen LogP contribution is 2.22. The van der Waals surface area contributed by atoms with Crippen molar-refractivity contribution in [2.75, 3.05) is 25.0 Å². The van der Waals surface area contributed by atoms with Crippen LogP contribution >= 0.6 is 0 Å². The Morgan fingerprint density at radius 1 is 1.33 bits per heavy atom. The number of hydrogen-bond acceptors (Lipinski definition) is 4. The molecule has 21 heavy (non-hydrogen) atoms. The fourth-order valence-corrected chi connectivity index (χ4v) is 2.09. The molecule has 1 aromatic rings. The average molecular weight is 292 g/mol. The Labute approximate surface area is 125 Å². The summed E-state index contributed by atoms with van der Waals surface area (Å²) in [6.07, 6.45) is 0.770. The van der Waals surface area contributed by atoms with Gasteiger partial charge in [-0.15, -0.1) is 0 Å². The van der Waals surface area contributed by atoms with Gasteiger partial charge in [0, 0.05) is 19.3 Å². The number of carbonyl (C=O) groups is 2. The van der Waals surface area contributed by atoms with Crippen molar-refractivity contribution in [2.24, 2.45) is 5.73 Å². The van der Waals surface area contributed by atoms with Crippen molar-refractivity contribution >= 4 is 17.6 Å². The Hall–Kier alpha value is -2.08. The first-order valence-corrected chi connectivity index (χ1v) is 7.06. The first-order valence-electron chi connectivity index (χ1n) is 7.06. The molecule has 116 valence electrons. The van der Waals surface area contributed by atoms with Gasteiger partial charge < -0.3 is 16.0 Å². The highest BCUT2D eigenvalue weighted by Gasteiger charge is 2.23. The topological polar surface area (TPSA) is 87.5 Å². The molecule has 6 heteroatoms. The largest absolute Gasteiger partial charge is 0.360 e. The molecule has 6 nitrogen and oxygen atoms in total. The van der Waals surface area contributed by atoms with Gasteiger partial charge in [0.2, 0.25) is 5.91 Å². The third-order valence-electron chi connectivity index (χ3n) is 3.34. The first-order chi connectivity index (χ1) is 10.0. The first kappa shape index (κ1) is 17.0. The molecule has 0 aliphatic heterocycles. The number of imide groups is 1. The molecule has 0 spiro atoms. The minimum atomic E-state index is -0.504. The van der Waals surface area contributed by atoms with Crippen LogP contribution < -0.4 is 21.3 Å². The van der Waals surface area contributed by atoms with Crippen molar-refractivity contribution in [1.82, 2.24) is 10.6 Å². The van der Waals surface area contributed by atoms with E-state index in [2.05, 4.69) is 10.6 Å². The van der Waals surface area contributed by atoms with Crippen LogP contribution in [0.4, 0.5) is 10.5 Å². The number of benzene rings is 1. The van der Waals surface area contributed by atoms with E-state index in [1.54, 1.807) is 6.92 Å². The van der Waals surface area contributed by atoms with Crippen molar-refractivity contribution in [3.63, 3.8) is 0 Å². The number of aryl methyl sites for hydroxylation is 1. The number of para-hydroxylation sites is 1. The lowest BCUT2D eigenvalue weighted by Crippen LogP contribution is -2.50. The van der Waals surface area contributed by atoms with Crippen LogP contribution in [0.1, 0.15) is 18.9 Å². The smallest absolute Gasteiger partial charge is 0.321 e. The molecule has 0 saturated carbocycles. The van der Waals surface area contributed by atoms with Crippen molar-refractivity contribution < 1.29 is 9.59 Å². The standard InChI is InChI=1S/C15H24N4O2/c1-11-7-4-5-8-13(11)19(10-6-9-16)12(2)14(20)18-15(21)17-3/h4-5,7-8,12H,6,9-10,16H2,1-3H3,(H2,17,18,20,21). The fourth-order valence-electron chi connectivity index (χ4n) is 2.09. The Kier molecular flexibility index (Phi) is 6.68. The lowest BCUT2D eigenvalue weighted by molar-refractivity contribution is -0.121. The summed E-state index contributed by atoms with van der Waals surface area (Å²) >= 11 is 0. The molecule has 0 heterocycles. The van der Waals surface area contributed by atoms with Gasteiger partial charge in [0.25, 0.3) is 0 Å². The second kappa shape index (κ2) is 8.26. The molecule has 0 fully saturated rings. The zero-order chi connectivity index (χ0) is 15.8. The van der Waals surface area contributed by atoms with E-state index in [4.69, 9.17) is 5.73 Å². The quantitative estimate of drug-likeness (QED) is 0.730. The normalized spacial score (nSPS) is 11.6. The van der Waals surface area contributed by atoms with Gasteiger partial charge >= 0.3 is 6.03 Å². The lowest BCUT2D eigenvalue weighted by Gasteiger charge is -2.31. The number of urea groups is 1. The van der Waals surface area contributed by atoms with Crippen LogP contribution in [-0.2, 0) is 4.79 Å². The summed E-state index contributed by atoms with van der Waals surface area (Å²) in [6.45, 7) is 4.98. The number of nitrogens with zero attached hydrogens (tertiary/aromatic N) is 1. The van der Waals surface area contributed by atoms with Crippen molar-refractivity contribution in [1.29, 1.82) is 0 Å². The molecule has 0 radical (unpaired) electrons. The van der Waals surface area contributed by atoms with Crippen LogP contribution in [0.5, 0.6) is 0 Å². The summed E-state index contributed by atoms with van der Waals surface area (Å²) in [6, 6.07) is 6.88. The highest BCUT2D eigenvalue weighted by molar-refractivity contribution is 5.98. The van der Waals surface area contributed by atoms with Gasteiger partial charge in [0.15, 0.2) is 0 Å². The van der Waals surface area contributed by atoms with Crippen LogP contribution in [-0.4, -0.2) is 38.1 Å². The van der Waals surface area contributed by atoms with Gasteiger partial charge in [-0.3, -0.25) is 10.1 Å². The predicted molar refractivity (Wildman–Crippen MR) is 84.3 cm³/mol. The Morgan fingerprint density at radius 3 is 2.57 bits per heavy atom. The number of carbonyl (C=O) groups excluding carboxylic acids is 2. The van der Waals surface area contributed by atoms with E-state index < -0.39 is 12.1 Å². The Bertz CT molecular complexity index is 490. The number of rotatable bonds is 6. The zero-order valence-corrected chi connectivity index (χ0v) is 12.8. The van der Waals surface area contributed by atoms with E-state index in [0.717, 1.165) is 17.7 Å². The predicted octanol–water partition coefficient (Wildman–Crippen LogP) is 0.994. The summed E-state index contributed by atoms with van der Waals surface area (Å²) in [5.41, 5.74) is 7.64. The van der Waals surface area contributed by atoms with Gasteiger partial charge in [0.1, 0.15) is 6.04 Å². The summed E-state index contributed by atoms with van der Waals surface area (Å²) in [4.78, 5) is 25.4. The third-order valence-corrected chi connectivity index (χ3v) is 3.34. The zero-order valence-electron chi connectivity index (χ0n) is 12.8. The number of amides is 3. The molecule has 0 aliphatic carbocycles. The van der Waals surface area contributed by atoms with Crippen LogP contribution in [0.2, 0.25) is 0 Å². The van der Waals surface area contributed by atoms with Gasteiger partial charge in [0.05, 0.1) is 0 Å². The van der Waals surface area contributed by atoms with Crippen LogP contribution in [0, 0.1) is 6.92 Å². The van der Waals surface area contributed by atoms with Crippen molar-refractivity contribution in [3.05, 3.63) is 29.8 Å². The Balaban J connectivity index is 2.94. The molecule has 0 bridgehead atoms. The van der Waals surface area contributed by atoms with Crippen LogP contribution in [0.3, 0.4) is 0 Å². The second-order valence-electron chi connectivity index (χ2n) is 4.87. The van der Waals surface area contributed by atoms with Crippen molar-refractivity contribution in [2.45, 2.75) is 26.3 Å². The third kappa shape index (κ3) is 4.75. The van der Waals surface area contributed by atoms with Crippen molar-refractivity contribution in [3.8, 4) is 0 Å². The van der Waals surface area contributed by atoms with E-state index in [9.17, 15) is 9.59 Å². The van der Waals surface area contributed by atoms with Gasteiger partial charge in [-0.25, -0.2) is 4.79 Å². The monoisotopic (exact) mass is 292 g/mol. The molecular weight excluding hydrogens is 268 g/mol. The number of anilines is 1. The maximum absolute atomic E-state index is 12.2.